The van der Waals surface area contributed by atoms with Gasteiger partial charge < -0.3 is 14.6 Å². The number of hydrogen-bond donors (Lipinski definition) is 1. The van der Waals surface area contributed by atoms with Crippen LogP contribution in [0.15, 0.2) is 24.8 Å². The minimum atomic E-state index is -0.296. The first kappa shape index (κ1) is 15.4. The third-order valence-corrected chi connectivity index (χ3v) is 3.09. The van der Waals surface area contributed by atoms with Crippen molar-refractivity contribution >= 4 is 17.5 Å². The minimum absolute atomic E-state index is 0.265. The second-order valence-corrected chi connectivity index (χ2v) is 4.90. The third kappa shape index (κ3) is 3.99. The molecule has 0 bridgehead atoms. The third-order valence-electron chi connectivity index (χ3n) is 2.88. The van der Waals surface area contributed by atoms with Crippen LogP contribution >= 0.6 is 11.6 Å². The Hall–Kier alpha value is -1.99. The van der Waals surface area contributed by atoms with E-state index in [0.717, 1.165) is 0 Å². The number of ether oxygens (including phenoxy) is 1. The summed E-state index contributed by atoms with van der Waals surface area (Å²) in [6.45, 7) is 3.00. The van der Waals surface area contributed by atoms with Gasteiger partial charge in [-0.05, 0) is 13.0 Å². The van der Waals surface area contributed by atoms with Crippen molar-refractivity contribution in [3.63, 3.8) is 0 Å². The highest BCUT2D eigenvalue weighted by atomic mass is 35.5. The Bertz CT molecular complexity index is 616. The Morgan fingerprint density at radius 1 is 1.52 bits per heavy atom. The second kappa shape index (κ2) is 7.14. The van der Waals surface area contributed by atoms with E-state index in [9.17, 15) is 4.79 Å². The van der Waals surface area contributed by atoms with Crippen LogP contribution in [-0.4, -0.2) is 39.4 Å². The molecule has 7 nitrogen and oxygen atoms in total. The van der Waals surface area contributed by atoms with E-state index in [4.69, 9.17) is 16.3 Å². The number of nitrogens with zero attached hydrogens (tertiary/aromatic N) is 4. The fourth-order valence-electron chi connectivity index (χ4n) is 1.84. The van der Waals surface area contributed by atoms with E-state index in [2.05, 4.69) is 20.5 Å². The molecule has 1 atom stereocenters. The molecule has 1 amide bonds. The minimum Gasteiger partial charge on any atom is -0.383 e. The Morgan fingerprint density at radius 2 is 2.33 bits per heavy atom. The van der Waals surface area contributed by atoms with Gasteiger partial charge in [0.1, 0.15) is 6.33 Å². The molecule has 0 aliphatic carbocycles. The lowest BCUT2D eigenvalue weighted by molar-refractivity contribution is 0.0937. The first-order valence-corrected chi connectivity index (χ1v) is 6.77. The maximum Gasteiger partial charge on any atom is 0.253 e. The van der Waals surface area contributed by atoms with Crippen LogP contribution in [0.1, 0.15) is 29.1 Å². The van der Waals surface area contributed by atoms with Crippen LogP contribution in [-0.2, 0) is 11.3 Å². The normalized spacial score (nSPS) is 12.1. The molecule has 2 heterocycles. The van der Waals surface area contributed by atoms with Crippen molar-refractivity contribution < 1.29 is 9.53 Å². The van der Waals surface area contributed by atoms with Gasteiger partial charge in [-0.25, -0.2) is 0 Å². The number of rotatable bonds is 6. The topological polar surface area (TPSA) is 81.9 Å². The molecule has 2 aromatic heterocycles. The number of methoxy groups -OCH3 is 1. The number of amides is 1. The number of halogens is 1. The smallest absolute Gasteiger partial charge is 0.253 e. The van der Waals surface area contributed by atoms with Crippen LogP contribution in [0.3, 0.4) is 0 Å². The molecule has 2 aromatic rings. The molecule has 8 heteroatoms. The number of pyridine rings is 1. The van der Waals surface area contributed by atoms with Gasteiger partial charge in [0.25, 0.3) is 5.91 Å². The molecule has 0 aliphatic rings. The maximum absolute atomic E-state index is 12.1. The summed E-state index contributed by atoms with van der Waals surface area (Å²) in [5, 5.41) is 11.2. The predicted octanol–water partition coefficient (Wildman–Crippen LogP) is 1.46. The summed E-state index contributed by atoms with van der Waals surface area (Å²) in [6, 6.07) is 1.27. The molecule has 0 radical (unpaired) electrons. The highest BCUT2D eigenvalue weighted by molar-refractivity contribution is 6.30. The SMILES string of the molecule is COCCn1cnnc1[C@H](C)NC(=O)c1cncc(Cl)c1. The van der Waals surface area contributed by atoms with Crippen molar-refractivity contribution in [1.82, 2.24) is 25.1 Å². The van der Waals surface area contributed by atoms with Crippen LogP contribution < -0.4 is 5.32 Å². The number of aromatic nitrogens is 4. The Morgan fingerprint density at radius 3 is 3.05 bits per heavy atom. The first-order valence-electron chi connectivity index (χ1n) is 6.40. The first-order chi connectivity index (χ1) is 10.1. The molecule has 0 unspecified atom stereocenters. The second-order valence-electron chi connectivity index (χ2n) is 4.46. The van der Waals surface area contributed by atoms with E-state index in [1.54, 1.807) is 19.5 Å². The van der Waals surface area contributed by atoms with Gasteiger partial charge in [-0.1, -0.05) is 11.6 Å². The summed E-state index contributed by atoms with van der Waals surface area (Å²) in [5.74, 6) is 0.397. The number of carbonyl (C=O) groups is 1. The van der Waals surface area contributed by atoms with E-state index < -0.39 is 0 Å². The monoisotopic (exact) mass is 309 g/mol. The van der Waals surface area contributed by atoms with Gasteiger partial charge in [0, 0.05) is 26.0 Å². The molecule has 1 N–H and O–H groups in total. The lowest BCUT2D eigenvalue weighted by Crippen LogP contribution is -2.29. The highest BCUT2D eigenvalue weighted by Crippen LogP contribution is 2.12. The quantitative estimate of drug-likeness (QED) is 0.873. The van der Waals surface area contributed by atoms with Crippen molar-refractivity contribution in [1.29, 1.82) is 0 Å². The molecule has 0 aliphatic heterocycles. The standard InChI is InChI=1S/C13H16ClN5O2/c1-9(12-18-16-8-19(12)3-4-21-2)17-13(20)10-5-11(14)7-15-6-10/h5-9H,3-4H2,1-2H3,(H,17,20)/t9-/m0/s1. The summed E-state index contributed by atoms with van der Waals surface area (Å²) < 4.78 is 6.86. The van der Waals surface area contributed by atoms with Crippen LogP contribution in [0.2, 0.25) is 5.02 Å². The molecule has 21 heavy (non-hydrogen) atoms. The molecule has 2 rings (SSSR count). The van der Waals surface area contributed by atoms with Crippen LogP contribution in [0.4, 0.5) is 0 Å². The maximum atomic E-state index is 12.1. The van der Waals surface area contributed by atoms with Crippen molar-refractivity contribution in [3.05, 3.63) is 41.2 Å². The van der Waals surface area contributed by atoms with E-state index >= 15 is 0 Å². The van der Waals surface area contributed by atoms with Crippen molar-refractivity contribution in [2.24, 2.45) is 0 Å². The predicted molar refractivity (Wildman–Crippen MR) is 77.0 cm³/mol. The number of hydrogen-bond acceptors (Lipinski definition) is 5. The average Bonchev–Trinajstić information content (AvgIpc) is 2.93. The van der Waals surface area contributed by atoms with Crippen LogP contribution in [0.25, 0.3) is 0 Å². The van der Waals surface area contributed by atoms with Crippen molar-refractivity contribution in [2.45, 2.75) is 19.5 Å². The molecule has 0 saturated heterocycles. The number of nitrogens with one attached hydrogen (secondary N) is 1. The van der Waals surface area contributed by atoms with Gasteiger partial charge >= 0.3 is 0 Å². The van der Waals surface area contributed by atoms with E-state index in [0.29, 0.717) is 29.6 Å². The lowest BCUT2D eigenvalue weighted by Gasteiger charge is -2.14. The zero-order valence-corrected chi connectivity index (χ0v) is 12.5. The molecular weight excluding hydrogens is 294 g/mol. The summed E-state index contributed by atoms with van der Waals surface area (Å²) in [5.41, 5.74) is 0.400. The van der Waals surface area contributed by atoms with Gasteiger partial charge in [0.2, 0.25) is 0 Å². The summed E-state index contributed by atoms with van der Waals surface area (Å²) >= 11 is 5.82. The lowest BCUT2D eigenvalue weighted by atomic mass is 10.2. The molecular formula is C13H16ClN5O2. The van der Waals surface area contributed by atoms with Crippen LogP contribution in [0, 0.1) is 0 Å². The van der Waals surface area contributed by atoms with Crippen molar-refractivity contribution in [2.75, 3.05) is 13.7 Å². The zero-order chi connectivity index (χ0) is 15.2. The molecule has 0 aromatic carbocycles. The van der Waals surface area contributed by atoms with Gasteiger partial charge in [0.05, 0.1) is 23.2 Å². The average molecular weight is 310 g/mol. The Labute approximate surface area is 127 Å². The largest absolute Gasteiger partial charge is 0.383 e. The van der Waals surface area contributed by atoms with Gasteiger partial charge in [-0.2, -0.15) is 0 Å². The Balaban J connectivity index is 2.05. The molecule has 0 fully saturated rings. The zero-order valence-electron chi connectivity index (χ0n) is 11.8. The Kier molecular flexibility index (Phi) is 5.24. The van der Waals surface area contributed by atoms with Crippen LogP contribution in [0.5, 0.6) is 0 Å². The summed E-state index contributed by atoms with van der Waals surface area (Å²) in [6.07, 6.45) is 4.55. The van der Waals surface area contributed by atoms with Gasteiger partial charge in [0.15, 0.2) is 5.82 Å². The fraction of sp³-hybridized carbons (Fsp3) is 0.385. The molecule has 0 spiro atoms. The highest BCUT2D eigenvalue weighted by Gasteiger charge is 2.17. The van der Waals surface area contributed by atoms with Gasteiger partial charge in [-0.15, -0.1) is 10.2 Å². The van der Waals surface area contributed by atoms with E-state index in [1.165, 1.54) is 12.4 Å². The fourth-order valence-corrected chi connectivity index (χ4v) is 2.02. The summed E-state index contributed by atoms with van der Waals surface area (Å²) in [7, 11) is 1.63. The summed E-state index contributed by atoms with van der Waals surface area (Å²) in [4.78, 5) is 16.0. The van der Waals surface area contributed by atoms with E-state index in [1.807, 2.05) is 11.5 Å². The number of carbonyl (C=O) groups excluding carboxylic acids is 1. The molecule has 0 saturated carbocycles. The van der Waals surface area contributed by atoms with Gasteiger partial charge in [-0.3, -0.25) is 9.78 Å². The van der Waals surface area contributed by atoms with Crippen molar-refractivity contribution in [3.8, 4) is 0 Å². The van der Waals surface area contributed by atoms with E-state index in [-0.39, 0.29) is 11.9 Å². The molecule has 112 valence electrons.